The number of aryl methyl sites for hydroxylation is 1. The number of pyridine rings is 1. The quantitative estimate of drug-likeness (QED) is 0.283. The lowest BCUT2D eigenvalue weighted by atomic mass is 9.86. The Morgan fingerprint density at radius 2 is 1.83 bits per heavy atom. The number of hydrogen-bond acceptors (Lipinski definition) is 2. The lowest BCUT2D eigenvalue weighted by molar-refractivity contribution is 0.509. The van der Waals surface area contributed by atoms with Crippen molar-refractivity contribution in [2.24, 2.45) is 5.92 Å². The summed E-state index contributed by atoms with van der Waals surface area (Å²) < 4.78 is 0. The van der Waals surface area contributed by atoms with Crippen LogP contribution in [0.3, 0.4) is 0 Å². The minimum absolute atomic E-state index is 0. The first-order chi connectivity index (χ1) is 14.0. The highest BCUT2D eigenvalue weighted by atomic mass is 35.5. The third-order valence-corrected chi connectivity index (χ3v) is 7.63. The maximum atomic E-state index is 6.58. The maximum absolute atomic E-state index is 6.58. The van der Waals surface area contributed by atoms with Crippen LogP contribution in [0, 0.1) is 12.8 Å². The van der Waals surface area contributed by atoms with Gasteiger partial charge in [0.05, 0.1) is 10.7 Å². The molecule has 0 saturated heterocycles. The summed E-state index contributed by atoms with van der Waals surface area (Å²) in [6.45, 7) is 4.52. The summed E-state index contributed by atoms with van der Waals surface area (Å²) in [6.07, 6.45) is 3.54. The number of hydrogen-bond donors (Lipinski definition) is 0. The predicted molar refractivity (Wildman–Crippen MR) is 134 cm³/mol. The van der Waals surface area contributed by atoms with Crippen molar-refractivity contribution in [3.8, 4) is 22.4 Å². The van der Waals surface area contributed by atoms with Crippen LogP contribution in [0.2, 0.25) is 10.0 Å². The van der Waals surface area contributed by atoms with Crippen LogP contribution in [-0.4, -0.2) is 4.98 Å². The number of thiophene rings is 1. The monoisotopic (exact) mass is 473 g/mol. The van der Waals surface area contributed by atoms with Gasteiger partial charge in [0, 0.05) is 20.8 Å². The molecule has 5 rings (SSSR count). The summed E-state index contributed by atoms with van der Waals surface area (Å²) in [7, 11) is 0. The molecule has 4 aromatic rings. The Labute approximate surface area is 197 Å². The molecule has 0 spiro atoms. The lowest BCUT2D eigenvalue weighted by Gasteiger charge is -2.19. The summed E-state index contributed by atoms with van der Waals surface area (Å²) >= 11 is 14.6. The zero-order valence-electron chi connectivity index (χ0n) is 16.8. The van der Waals surface area contributed by atoms with E-state index in [9.17, 15) is 0 Å². The van der Waals surface area contributed by atoms with Gasteiger partial charge in [-0.3, -0.25) is 0 Å². The number of aromatic nitrogens is 1. The van der Waals surface area contributed by atoms with Gasteiger partial charge in [0.25, 0.3) is 0 Å². The van der Waals surface area contributed by atoms with Gasteiger partial charge in [-0.1, -0.05) is 60.5 Å². The van der Waals surface area contributed by atoms with Crippen LogP contribution in [0.15, 0.2) is 48.5 Å². The predicted octanol–water partition coefficient (Wildman–Crippen LogP) is 8.79. The van der Waals surface area contributed by atoms with E-state index in [1.54, 1.807) is 6.07 Å². The Kier molecular flexibility index (Phi) is 6.14. The molecule has 1 atom stereocenters. The molecule has 1 nitrogen and oxygen atoms in total. The number of rotatable bonds is 2. The number of nitrogens with zero attached hydrogens (tertiary/aromatic N) is 1. The molecule has 0 radical (unpaired) electrons. The molecule has 1 aliphatic carbocycles. The Balaban J connectivity index is 0.00000218. The number of benzene rings is 2. The molecular formula is C25H22Cl3NS. The van der Waals surface area contributed by atoms with Gasteiger partial charge in [-0.05, 0) is 72.6 Å². The molecule has 1 unspecified atom stereocenters. The van der Waals surface area contributed by atoms with Gasteiger partial charge < -0.3 is 0 Å². The van der Waals surface area contributed by atoms with Crippen LogP contribution in [0.5, 0.6) is 0 Å². The van der Waals surface area contributed by atoms with Gasteiger partial charge in [0.2, 0.25) is 0 Å². The van der Waals surface area contributed by atoms with Crippen molar-refractivity contribution in [2.45, 2.75) is 33.1 Å². The molecule has 2 heterocycles. The molecule has 1 aliphatic rings. The Morgan fingerprint density at radius 1 is 1.07 bits per heavy atom. The normalized spacial score (nSPS) is 15.7. The average Bonchev–Trinajstić information content (AvgIpc) is 3.05. The SMILES string of the molecule is Cc1c(-c2ccc(Cl)cc2Cl)nc2sc3c(c2c1-c1ccccc1)CCC(C)C3.Cl. The Hall–Kier alpha value is -1.58. The highest BCUT2D eigenvalue weighted by Gasteiger charge is 2.26. The number of fused-ring (bicyclic) bond motifs is 3. The molecule has 154 valence electrons. The average molecular weight is 475 g/mol. The third-order valence-electron chi connectivity index (χ3n) is 5.94. The van der Waals surface area contributed by atoms with Crippen LogP contribution in [0.4, 0.5) is 0 Å². The largest absolute Gasteiger partial charge is 0.237 e. The van der Waals surface area contributed by atoms with Gasteiger partial charge >= 0.3 is 0 Å². The Bertz CT molecular complexity index is 1230. The zero-order chi connectivity index (χ0) is 20.1. The van der Waals surface area contributed by atoms with Crippen LogP contribution in [-0.2, 0) is 12.8 Å². The maximum Gasteiger partial charge on any atom is 0.125 e. The van der Waals surface area contributed by atoms with Crippen molar-refractivity contribution in [1.29, 1.82) is 0 Å². The molecule has 0 fully saturated rings. The standard InChI is InChI=1S/C25H21Cl2NS.ClH/c1-14-8-10-19-21(12-14)29-25-23(19)22(16-6-4-3-5-7-16)15(2)24(28-25)18-11-9-17(26)13-20(18)27;/h3-7,9,11,13-14H,8,10,12H2,1-2H3;1H. The molecule has 30 heavy (non-hydrogen) atoms. The molecule has 0 amide bonds. The topological polar surface area (TPSA) is 12.9 Å². The molecule has 2 aromatic heterocycles. The Morgan fingerprint density at radius 3 is 2.57 bits per heavy atom. The third kappa shape index (κ3) is 3.65. The van der Waals surface area contributed by atoms with Crippen molar-refractivity contribution < 1.29 is 0 Å². The van der Waals surface area contributed by atoms with Crippen LogP contribution in [0.1, 0.15) is 29.3 Å². The highest BCUT2D eigenvalue weighted by molar-refractivity contribution is 7.19. The van der Waals surface area contributed by atoms with E-state index in [1.165, 1.54) is 38.9 Å². The van der Waals surface area contributed by atoms with E-state index in [0.717, 1.165) is 34.8 Å². The fraction of sp³-hybridized carbons (Fsp3) is 0.240. The lowest BCUT2D eigenvalue weighted by Crippen LogP contribution is -2.08. The van der Waals surface area contributed by atoms with Crippen LogP contribution >= 0.6 is 46.9 Å². The van der Waals surface area contributed by atoms with Crippen molar-refractivity contribution in [2.75, 3.05) is 0 Å². The first-order valence-electron chi connectivity index (χ1n) is 9.98. The van der Waals surface area contributed by atoms with Crippen LogP contribution < -0.4 is 0 Å². The first-order valence-corrected chi connectivity index (χ1v) is 11.6. The molecule has 0 saturated carbocycles. The van der Waals surface area contributed by atoms with Gasteiger partial charge in [0.15, 0.2) is 0 Å². The van der Waals surface area contributed by atoms with E-state index in [2.05, 4.69) is 44.2 Å². The molecule has 0 aliphatic heterocycles. The summed E-state index contributed by atoms with van der Waals surface area (Å²) in [6, 6.07) is 16.3. The second-order valence-corrected chi connectivity index (χ2v) is 9.91. The van der Waals surface area contributed by atoms with Gasteiger partial charge in [-0.25, -0.2) is 4.98 Å². The van der Waals surface area contributed by atoms with Crippen molar-refractivity contribution in [3.05, 3.63) is 74.6 Å². The fourth-order valence-electron chi connectivity index (χ4n) is 4.47. The van der Waals surface area contributed by atoms with Gasteiger partial charge in [-0.15, -0.1) is 23.7 Å². The van der Waals surface area contributed by atoms with E-state index in [4.69, 9.17) is 28.2 Å². The van der Waals surface area contributed by atoms with Gasteiger partial charge in [-0.2, -0.15) is 0 Å². The minimum Gasteiger partial charge on any atom is -0.237 e. The van der Waals surface area contributed by atoms with E-state index < -0.39 is 0 Å². The zero-order valence-corrected chi connectivity index (χ0v) is 20.0. The van der Waals surface area contributed by atoms with E-state index in [1.807, 2.05) is 23.5 Å². The summed E-state index contributed by atoms with van der Waals surface area (Å²) in [5.74, 6) is 0.738. The first kappa shape index (κ1) is 21.6. The molecular weight excluding hydrogens is 453 g/mol. The molecule has 5 heteroatoms. The molecule has 0 bridgehead atoms. The molecule has 2 aromatic carbocycles. The smallest absolute Gasteiger partial charge is 0.125 e. The summed E-state index contributed by atoms with van der Waals surface area (Å²) in [4.78, 5) is 7.76. The molecule has 0 N–H and O–H groups in total. The summed E-state index contributed by atoms with van der Waals surface area (Å²) in [5, 5.41) is 2.62. The van der Waals surface area contributed by atoms with Crippen LogP contribution in [0.25, 0.3) is 32.6 Å². The van der Waals surface area contributed by atoms with Crippen molar-refractivity contribution >= 4 is 57.2 Å². The van der Waals surface area contributed by atoms with E-state index in [-0.39, 0.29) is 12.4 Å². The summed E-state index contributed by atoms with van der Waals surface area (Å²) in [5.41, 5.74) is 7.10. The minimum atomic E-state index is 0. The second-order valence-electron chi connectivity index (χ2n) is 7.98. The second kappa shape index (κ2) is 8.51. The van der Waals surface area contributed by atoms with Crippen molar-refractivity contribution in [1.82, 2.24) is 4.98 Å². The van der Waals surface area contributed by atoms with Crippen molar-refractivity contribution in [3.63, 3.8) is 0 Å². The van der Waals surface area contributed by atoms with E-state index in [0.29, 0.717) is 10.0 Å². The fourth-order valence-corrected chi connectivity index (χ4v) is 6.36. The van der Waals surface area contributed by atoms with E-state index >= 15 is 0 Å². The number of halogens is 3. The van der Waals surface area contributed by atoms with Gasteiger partial charge in [0.1, 0.15) is 4.83 Å². The highest BCUT2D eigenvalue weighted by Crippen LogP contribution is 2.46.